The number of ether oxygens (including phenoxy) is 1. The van der Waals surface area contributed by atoms with Gasteiger partial charge in [0.15, 0.2) is 5.96 Å². The summed E-state index contributed by atoms with van der Waals surface area (Å²) in [4.78, 5) is 3.93. The lowest BCUT2D eigenvalue weighted by atomic mass is 10.2. The third-order valence-corrected chi connectivity index (χ3v) is 3.67. The van der Waals surface area contributed by atoms with Gasteiger partial charge in [0.2, 0.25) is 0 Å². The van der Waals surface area contributed by atoms with Crippen molar-refractivity contribution < 1.29 is 4.74 Å². The third kappa shape index (κ3) is 6.91. The van der Waals surface area contributed by atoms with E-state index in [1.807, 2.05) is 18.2 Å². The molecule has 0 unspecified atom stereocenters. The number of nitrogens with zero attached hydrogens (tertiary/aromatic N) is 1. The molecule has 0 radical (unpaired) electrons. The summed E-state index contributed by atoms with van der Waals surface area (Å²) < 4.78 is 5.64. The fourth-order valence-corrected chi connectivity index (χ4v) is 2.47. The van der Waals surface area contributed by atoms with Crippen LogP contribution >= 0.6 is 23.4 Å². The summed E-state index contributed by atoms with van der Waals surface area (Å²) in [5.74, 6) is 3.12. The fourth-order valence-electron chi connectivity index (χ4n) is 1.44. The van der Waals surface area contributed by atoms with Crippen LogP contribution in [0.25, 0.3) is 0 Å². The van der Waals surface area contributed by atoms with Crippen LogP contribution in [0.1, 0.15) is 19.4 Å². The van der Waals surface area contributed by atoms with Crippen molar-refractivity contribution in [2.24, 2.45) is 22.4 Å². The summed E-state index contributed by atoms with van der Waals surface area (Å²) in [5.41, 5.74) is 11.7. The predicted octanol–water partition coefficient (Wildman–Crippen LogP) is 2.88. The molecule has 112 valence electrons. The van der Waals surface area contributed by atoms with Gasteiger partial charge in [0.1, 0.15) is 5.75 Å². The van der Waals surface area contributed by atoms with Gasteiger partial charge in [0, 0.05) is 11.5 Å². The number of rotatable bonds is 8. The minimum atomic E-state index is 0.139. The lowest BCUT2D eigenvalue weighted by Crippen LogP contribution is -2.23. The standard InChI is InChI=1S/C14H22ClN3OS/c1-10(2)8-19-13-4-3-11(7-12(13)15)9-20-6-5-18-14(16)17/h3-4,7,10H,5-6,8-9H2,1-2H3,(H4,16,17,18). The topological polar surface area (TPSA) is 73.6 Å². The second kappa shape index (κ2) is 8.97. The molecular weight excluding hydrogens is 294 g/mol. The molecule has 0 fully saturated rings. The zero-order valence-electron chi connectivity index (χ0n) is 11.9. The fraction of sp³-hybridized carbons (Fsp3) is 0.500. The molecule has 1 aromatic carbocycles. The van der Waals surface area contributed by atoms with Crippen molar-refractivity contribution >= 4 is 29.3 Å². The van der Waals surface area contributed by atoms with E-state index >= 15 is 0 Å². The van der Waals surface area contributed by atoms with Crippen molar-refractivity contribution in [1.82, 2.24) is 0 Å². The van der Waals surface area contributed by atoms with Gasteiger partial charge < -0.3 is 16.2 Å². The second-order valence-corrected chi connectivity index (χ2v) is 6.34. The van der Waals surface area contributed by atoms with Crippen molar-refractivity contribution in [1.29, 1.82) is 0 Å². The molecule has 0 aliphatic heterocycles. The van der Waals surface area contributed by atoms with Crippen LogP contribution in [-0.2, 0) is 5.75 Å². The first kappa shape index (κ1) is 17.0. The average molecular weight is 316 g/mol. The van der Waals surface area contributed by atoms with E-state index in [1.165, 1.54) is 5.56 Å². The first-order chi connectivity index (χ1) is 9.49. The van der Waals surface area contributed by atoms with E-state index in [0.29, 0.717) is 24.1 Å². The Labute approximate surface area is 129 Å². The van der Waals surface area contributed by atoms with Crippen LogP contribution in [0, 0.1) is 5.92 Å². The largest absolute Gasteiger partial charge is 0.492 e. The number of hydrogen-bond acceptors (Lipinski definition) is 3. The summed E-state index contributed by atoms with van der Waals surface area (Å²) >= 11 is 7.97. The Bertz CT molecular complexity index is 448. The third-order valence-electron chi connectivity index (χ3n) is 2.37. The van der Waals surface area contributed by atoms with Gasteiger partial charge in [-0.1, -0.05) is 31.5 Å². The van der Waals surface area contributed by atoms with Gasteiger partial charge in [-0.05, 0) is 23.6 Å². The lowest BCUT2D eigenvalue weighted by molar-refractivity contribution is 0.271. The van der Waals surface area contributed by atoms with Crippen LogP contribution in [0.2, 0.25) is 5.02 Å². The highest BCUT2D eigenvalue weighted by Crippen LogP contribution is 2.27. The smallest absolute Gasteiger partial charge is 0.185 e. The summed E-state index contributed by atoms with van der Waals surface area (Å²) in [6.45, 7) is 5.52. The minimum Gasteiger partial charge on any atom is -0.492 e. The highest BCUT2D eigenvalue weighted by Gasteiger charge is 2.04. The maximum absolute atomic E-state index is 6.21. The minimum absolute atomic E-state index is 0.139. The van der Waals surface area contributed by atoms with Crippen LogP contribution in [0.4, 0.5) is 0 Å². The van der Waals surface area contributed by atoms with E-state index in [2.05, 4.69) is 18.8 Å². The molecule has 0 heterocycles. The number of halogens is 1. The molecule has 20 heavy (non-hydrogen) atoms. The van der Waals surface area contributed by atoms with Crippen molar-refractivity contribution in [3.05, 3.63) is 28.8 Å². The molecule has 0 amide bonds. The average Bonchev–Trinajstić information content (AvgIpc) is 2.36. The summed E-state index contributed by atoms with van der Waals surface area (Å²) in [5, 5.41) is 0.660. The summed E-state index contributed by atoms with van der Waals surface area (Å²) in [6.07, 6.45) is 0. The van der Waals surface area contributed by atoms with E-state index in [-0.39, 0.29) is 5.96 Å². The van der Waals surface area contributed by atoms with Gasteiger partial charge >= 0.3 is 0 Å². The molecule has 6 heteroatoms. The molecule has 0 saturated heterocycles. The Morgan fingerprint density at radius 1 is 1.40 bits per heavy atom. The zero-order chi connectivity index (χ0) is 15.0. The molecule has 0 aliphatic rings. The number of hydrogen-bond donors (Lipinski definition) is 2. The quantitative estimate of drug-likeness (QED) is 0.439. The first-order valence-corrected chi connectivity index (χ1v) is 8.06. The van der Waals surface area contributed by atoms with Crippen LogP contribution in [0.5, 0.6) is 5.75 Å². The molecule has 1 rings (SSSR count). The van der Waals surface area contributed by atoms with Crippen LogP contribution in [0.15, 0.2) is 23.2 Å². The van der Waals surface area contributed by atoms with Crippen molar-refractivity contribution in [3.8, 4) is 5.75 Å². The lowest BCUT2D eigenvalue weighted by Gasteiger charge is -2.11. The molecule has 0 spiro atoms. The number of guanidine groups is 1. The molecule has 0 aliphatic carbocycles. The van der Waals surface area contributed by atoms with Crippen LogP contribution in [-0.4, -0.2) is 24.9 Å². The van der Waals surface area contributed by atoms with E-state index in [9.17, 15) is 0 Å². The van der Waals surface area contributed by atoms with E-state index in [1.54, 1.807) is 11.8 Å². The second-order valence-electron chi connectivity index (χ2n) is 4.83. The van der Waals surface area contributed by atoms with Gasteiger partial charge in [-0.2, -0.15) is 11.8 Å². The zero-order valence-corrected chi connectivity index (χ0v) is 13.5. The summed E-state index contributed by atoms with van der Waals surface area (Å²) in [7, 11) is 0. The molecular formula is C14H22ClN3OS. The highest BCUT2D eigenvalue weighted by molar-refractivity contribution is 7.98. The predicted molar refractivity (Wildman–Crippen MR) is 88.6 cm³/mol. The number of thioether (sulfide) groups is 1. The maximum Gasteiger partial charge on any atom is 0.185 e. The Morgan fingerprint density at radius 2 is 2.15 bits per heavy atom. The molecule has 0 aromatic heterocycles. The van der Waals surface area contributed by atoms with Crippen molar-refractivity contribution in [2.75, 3.05) is 18.9 Å². The number of aliphatic imine (C=N–C) groups is 1. The number of benzene rings is 1. The van der Waals surface area contributed by atoms with Crippen molar-refractivity contribution in [3.63, 3.8) is 0 Å². The molecule has 1 aromatic rings. The number of nitrogens with two attached hydrogens (primary N) is 2. The van der Waals surface area contributed by atoms with Crippen LogP contribution < -0.4 is 16.2 Å². The van der Waals surface area contributed by atoms with Gasteiger partial charge in [-0.3, -0.25) is 4.99 Å². The van der Waals surface area contributed by atoms with Gasteiger partial charge in [0.05, 0.1) is 18.2 Å². The SMILES string of the molecule is CC(C)COc1ccc(CSCCN=C(N)N)cc1Cl. The monoisotopic (exact) mass is 315 g/mol. The Kier molecular flexibility index (Phi) is 7.62. The Hall–Kier alpha value is -1.07. The van der Waals surface area contributed by atoms with Gasteiger partial charge in [0.25, 0.3) is 0 Å². The molecule has 4 N–H and O–H groups in total. The summed E-state index contributed by atoms with van der Waals surface area (Å²) in [6, 6.07) is 5.91. The highest BCUT2D eigenvalue weighted by atomic mass is 35.5. The Balaban J connectivity index is 2.41. The van der Waals surface area contributed by atoms with Gasteiger partial charge in [-0.15, -0.1) is 0 Å². The molecule has 4 nitrogen and oxygen atoms in total. The first-order valence-electron chi connectivity index (χ1n) is 6.53. The molecule has 0 atom stereocenters. The van der Waals surface area contributed by atoms with Gasteiger partial charge in [-0.25, -0.2) is 0 Å². The van der Waals surface area contributed by atoms with E-state index in [4.69, 9.17) is 27.8 Å². The van der Waals surface area contributed by atoms with E-state index in [0.717, 1.165) is 17.3 Å². The van der Waals surface area contributed by atoms with Crippen molar-refractivity contribution in [2.45, 2.75) is 19.6 Å². The normalized spacial score (nSPS) is 10.6. The van der Waals surface area contributed by atoms with Crippen LogP contribution in [0.3, 0.4) is 0 Å². The van der Waals surface area contributed by atoms with E-state index < -0.39 is 0 Å². The Morgan fingerprint density at radius 3 is 2.75 bits per heavy atom. The molecule has 0 bridgehead atoms. The maximum atomic E-state index is 6.21. The molecule has 0 saturated carbocycles.